The molecule has 0 aliphatic heterocycles. The summed E-state index contributed by atoms with van der Waals surface area (Å²) in [6.45, 7) is 5.76. The Hall–Kier alpha value is -2.38. The van der Waals surface area contributed by atoms with Gasteiger partial charge in [0.1, 0.15) is 5.82 Å². The van der Waals surface area contributed by atoms with Crippen LogP contribution in [-0.2, 0) is 16.6 Å². The Labute approximate surface area is 162 Å². The van der Waals surface area contributed by atoms with Crippen LogP contribution >= 0.6 is 11.6 Å². The molecule has 0 radical (unpaired) electrons. The Kier molecular flexibility index (Phi) is 5.26. The van der Waals surface area contributed by atoms with Gasteiger partial charge in [0.15, 0.2) is 0 Å². The van der Waals surface area contributed by atoms with Crippen molar-refractivity contribution in [3.05, 3.63) is 75.8 Å². The standard InChI is InChI=1S/C19H19ClFN3O2S/c1-12-6-13(2)19(14(3)7-12)27(25,26)23-17-9-22-24(11-17)10-15-4-5-16(21)8-18(15)20/h4-9,11,23H,10H2,1-3H3. The number of benzene rings is 2. The number of anilines is 1. The second kappa shape index (κ2) is 7.32. The number of rotatable bonds is 5. The van der Waals surface area contributed by atoms with E-state index in [0.717, 1.165) is 5.56 Å². The lowest BCUT2D eigenvalue weighted by atomic mass is 10.1. The molecular weight excluding hydrogens is 389 g/mol. The molecule has 0 fully saturated rings. The fourth-order valence-corrected chi connectivity index (χ4v) is 4.83. The van der Waals surface area contributed by atoms with Crippen LogP contribution in [-0.4, -0.2) is 18.2 Å². The van der Waals surface area contributed by atoms with Gasteiger partial charge in [-0.15, -0.1) is 0 Å². The van der Waals surface area contributed by atoms with Gasteiger partial charge in [0.2, 0.25) is 0 Å². The number of hydrogen-bond donors (Lipinski definition) is 1. The molecule has 3 aromatic rings. The molecule has 5 nitrogen and oxygen atoms in total. The highest BCUT2D eigenvalue weighted by Crippen LogP contribution is 2.24. The first-order valence-corrected chi connectivity index (χ1v) is 10.1. The molecule has 3 rings (SSSR count). The van der Waals surface area contributed by atoms with Crippen LogP contribution in [0, 0.1) is 26.6 Å². The molecule has 27 heavy (non-hydrogen) atoms. The van der Waals surface area contributed by atoms with Crippen molar-refractivity contribution in [2.45, 2.75) is 32.2 Å². The Bertz CT molecular complexity index is 1090. The van der Waals surface area contributed by atoms with Crippen molar-refractivity contribution in [1.29, 1.82) is 0 Å². The zero-order valence-corrected chi connectivity index (χ0v) is 16.7. The number of aryl methyl sites for hydroxylation is 3. The summed E-state index contributed by atoms with van der Waals surface area (Å²) in [5.74, 6) is -0.415. The number of aromatic nitrogens is 2. The van der Waals surface area contributed by atoms with E-state index in [4.69, 9.17) is 11.6 Å². The smallest absolute Gasteiger partial charge is 0.262 e. The van der Waals surface area contributed by atoms with Crippen molar-refractivity contribution >= 4 is 27.3 Å². The summed E-state index contributed by atoms with van der Waals surface area (Å²) in [6.07, 6.45) is 2.99. The maximum atomic E-state index is 13.1. The molecular formula is C19H19ClFN3O2S. The first-order valence-electron chi connectivity index (χ1n) is 8.23. The van der Waals surface area contributed by atoms with E-state index in [-0.39, 0.29) is 4.90 Å². The second-order valence-corrected chi connectivity index (χ2v) is 8.52. The highest BCUT2D eigenvalue weighted by atomic mass is 35.5. The number of halogens is 2. The van der Waals surface area contributed by atoms with Gasteiger partial charge in [-0.3, -0.25) is 9.40 Å². The van der Waals surface area contributed by atoms with E-state index >= 15 is 0 Å². The summed E-state index contributed by atoms with van der Waals surface area (Å²) in [5, 5.41) is 4.44. The highest BCUT2D eigenvalue weighted by Gasteiger charge is 2.20. The summed E-state index contributed by atoms with van der Waals surface area (Å²) in [7, 11) is -3.74. The van der Waals surface area contributed by atoms with Crippen LogP contribution in [0.1, 0.15) is 22.3 Å². The lowest BCUT2D eigenvalue weighted by Gasteiger charge is -2.12. The third kappa shape index (κ3) is 4.31. The third-order valence-electron chi connectivity index (χ3n) is 4.11. The van der Waals surface area contributed by atoms with Crippen molar-refractivity contribution in [2.24, 2.45) is 0 Å². The normalized spacial score (nSPS) is 11.6. The number of nitrogens with one attached hydrogen (secondary N) is 1. The van der Waals surface area contributed by atoms with Gasteiger partial charge >= 0.3 is 0 Å². The molecule has 1 aromatic heterocycles. The van der Waals surface area contributed by atoms with Crippen LogP contribution in [0.2, 0.25) is 5.02 Å². The van der Waals surface area contributed by atoms with Gasteiger partial charge in [-0.2, -0.15) is 5.10 Å². The molecule has 1 N–H and O–H groups in total. The van der Waals surface area contributed by atoms with Crippen molar-refractivity contribution in [3.63, 3.8) is 0 Å². The van der Waals surface area contributed by atoms with Gasteiger partial charge in [-0.25, -0.2) is 12.8 Å². The number of nitrogens with zero attached hydrogens (tertiary/aromatic N) is 2. The van der Waals surface area contributed by atoms with Crippen LogP contribution in [0.4, 0.5) is 10.1 Å². The molecule has 0 amide bonds. The SMILES string of the molecule is Cc1cc(C)c(S(=O)(=O)Nc2cnn(Cc3ccc(F)cc3Cl)c2)c(C)c1. The molecule has 142 valence electrons. The molecule has 0 aliphatic carbocycles. The largest absolute Gasteiger partial charge is 0.276 e. The summed E-state index contributed by atoms with van der Waals surface area (Å²) in [6, 6.07) is 7.79. The molecule has 2 aromatic carbocycles. The van der Waals surface area contributed by atoms with E-state index in [1.54, 1.807) is 26.1 Å². The lowest BCUT2D eigenvalue weighted by Crippen LogP contribution is -2.15. The molecule has 0 aliphatic rings. The monoisotopic (exact) mass is 407 g/mol. The van der Waals surface area contributed by atoms with Gasteiger partial charge in [0.05, 0.1) is 23.3 Å². The van der Waals surface area contributed by atoms with Gasteiger partial charge < -0.3 is 0 Å². The Balaban J connectivity index is 1.83. The quantitative estimate of drug-likeness (QED) is 0.679. The molecule has 0 spiro atoms. The predicted molar refractivity (Wildman–Crippen MR) is 104 cm³/mol. The fourth-order valence-electron chi connectivity index (χ4n) is 3.12. The summed E-state index contributed by atoms with van der Waals surface area (Å²) in [5.41, 5.74) is 3.40. The maximum Gasteiger partial charge on any atom is 0.262 e. The molecule has 0 bridgehead atoms. The molecule has 0 unspecified atom stereocenters. The Morgan fingerprint density at radius 2 is 1.81 bits per heavy atom. The number of hydrogen-bond acceptors (Lipinski definition) is 3. The fraction of sp³-hybridized carbons (Fsp3) is 0.211. The van der Waals surface area contributed by atoms with E-state index in [2.05, 4.69) is 9.82 Å². The Morgan fingerprint density at radius 1 is 1.15 bits per heavy atom. The van der Waals surface area contributed by atoms with Crippen LogP contribution in [0.3, 0.4) is 0 Å². The topological polar surface area (TPSA) is 64.0 Å². The summed E-state index contributed by atoms with van der Waals surface area (Å²) in [4.78, 5) is 0.266. The highest BCUT2D eigenvalue weighted by molar-refractivity contribution is 7.92. The molecule has 0 saturated heterocycles. The average molecular weight is 408 g/mol. The minimum Gasteiger partial charge on any atom is -0.276 e. The van der Waals surface area contributed by atoms with Crippen molar-refractivity contribution in [2.75, 3.05) is 4.72 Å². The van der Waals surface area contributed by atoms with E-state index in [0.29, 0.717) is 33.9 Å². The van der Waals surface area contributed by atoms with Gasteiger partial charge in [0.25, 0.3) is 10.0 Å². The van der Waals surface area contributed by atoms with Crippen molar-refractivity contribution in [3.8, 4) is 0 Å². The van der Waals surface area contributed by atoms with Crippen LogP contribution in [0.25, 0.3) is 0 Å². The van der Waals surface area contributed by atoms with E-state index in [9.17, 15) is 12.8 Å². The number of sulfonamides is 1. The average Bonchev–Trinajstić information content (AvgIpc) is 2.95. The summed E-state index contributed by atoms with van der Waals surface area (Å²) < 4.78 is 42.8. The van der Waals surface area contributed by atoms with Crippen LogP contribution < -0.4 is 4.72 Å². The molecule has 8 heteroatoms. The maximum absolute atomic E-state index is 13.1. The minimum atomic E-state index is -3.74. The second-order valence-electron chi connectivity index (χ2n) is 6.50. The third-order valence-corrected chi connectivity index (χ3v) is 6.14. The summed E-state index contributed by atoms with van der Waals surface area (Å²) >= 11 is 6.03. The van der Waals surface area contributed by atoms with Crippen molar-refractivity contribution < 1.29 is 12.8 Å². The van der Waals surface area contributed by atoms with E-state index < -0.39 is 15.8 Å². The predicted octanol–water partition coefficient (Wildman–Crippen LogP) is 4.45. The zero-order valence-electron chi connectivity index (χ0n) is 15.1. The van der Waals surface area contributed by atoms with Crippen LogP contribution in [0.5, 0.6) is 0 Å². The Morgan fingerprint density at radius 3 is 2.44 bits per heavy atom. The lowest BCUT2D eigenvalue weighted by molar-refractivity contribution is 0.600. The first-order chi connectivity index (χ1) is 12.7. The zero-order chi connectivity index (χ0) is 19.8. The molecule has 0 saturated carbocycles. The van der Waals surface area contributed by atoms with Crippen LogP contribution in [0.15, 0.2) is 47.6 Å². The first kappa shape index (κ1) is 19.4. The van der Waals surface area contributed by atoms with Gasteiger partial charge in [0, 0.05) is 11.2 Å². The molecule has 0 atom stereocenters. The minimum absolute atomic E-state index is 0.266. The van der Waals surface area contributed by atoms with Gasteiger partial charge in [-0.05, 0) is 49.6 Å². The van der Waals surface area contributed by atoms with E-state index in [1.807, 2.05) is 19.1 Å². The van der Waals surface area contributed by atoms with Gasteiger partial charge in [-0.1, -0.05) is 35.4 Å². The van der Waals surface area contributed by atoms with E-state index in [1.165, 1.54) is 23.0 Å². The van der Waals surface area contributed by atoms with Crippen molar-refractivity contribution in [1.82, 2.24) is 9.78 Å². The molecule has 1 heterocycles.